The van der Waals surface area contributed by atoms with E-state index in [1.807, 2.05) is 11.8 Å². The second kappa shape index (κ2) is 12.3. The van der Waals surface area contributed by atoms with Gasteiger partial charge in [0.15, 0.2) is 22.6 Å². The first kappa shape index (κ1) is 31.6. The summed E-state index contributed by atoms with van der Waals surface area (Å²) < 4.78 is 40.8. The van der Waals surface area contributed by atoms with Crippen LogP contribution in [0.1, 0.15) is 40.1 Å². The molecule has 45 heavy (non-hydrogen) atoms. The van der Waals surface area contributed by atoms with E-state index in [0.29, 0.717) is 23.5 Å². The lowest BCUT2D eigenvalue weighted by Gasteiger charge is -2.37. The van der Waals surface area contributed by atoms with Gasteiger partial charge in [0.25, 0.3) is 5.91 Å². The summed E-state index contributed by atoms with van der Waals surface area (Å²) >= 11 is 6.05. The number of pyridine rings is 1. The average molecular weight is 645 g/mol. The first-order valence-corrected chi connectivity index (χ1v) is 14.3. The van der Waals surface area contributed by atoms with Crippen LogP contribution in [0.25, 0.3) is 11.2 Å². The number of piperazine rings is 1. The summed E-state index contributed by atoms with van der Waals surface area (Å²) in [5, 5.41) is 12.5. The molecule has 2 amide bonds. The van der Waals surface area contributed by atoms with E-state index in [9.17, 15) is 32.7 Å². The van der Waals surface area contributed by atoms with Crippen molar-refractivity contribution in [2.75, 3.05) is 36.4 Å². The zero-order valence-electron chi connectivity index (χ0n) is 24.4. The first-order valence-electron chi connectivity index (χ1n) is 13.9. The van der Waals surface area contributed by atoms with Gasteiger partial charge in [0.05, 0.1) is 27.7 Å². The minimum Gasteiger partial charge on any atom is -0.504 e. The fourth-order valence-corrected chi connectivity index (χ4v) is 5.43. The van der Waals surface area contributed by atoms with Crippen molar-refractivity contribution in [2.45, 2.75) is 39.9 Å². The lowest BCUT2D eigenvalue weighted by molar-refractivity contribution is -0.137. The molecule has 1 aromatic carbocycles. The first-order chi connectivity index (χ1) is 21.3. The van der Waals surface area contributed by atoms with Crippen molar-refractivity contribution in [2.24, 2.45) is 0 Å². The number of aromatic nitrogens is 5. The molecule has 4 heterocycles. The molecular weight excluding hydrogens is 617 g/mol. The fourth-order valence-electron chi connectivity index (χ4n) is 5.20. The Bertz CT molecular complexity index is 1870. The SMILES string of the molecule is CCc1c(N2CCN(C(=O)c3ncnc(C)c3O)CC2)c(=O)c2ncc(C)nc2n1CC(=O)Nc1ccc(C(F)(F)F)cc1Cl. The minimum absolute atomic E-state index is 0.00809. The molecule has 0 radical (unpaired) electrons. The molecule has 236 valence electrons. The van der Waals surface area contributed by atoms with E-state index in [2.05, 4.69) is 25.3 Å². The number of anilines is 2. The van der Waals surface area contributed by atoms with E-state index in [4.69, 9.17) is 11.6 Å². The van der Waals surface area contributed by atoms with Crippen molar-refractivity contribution in [1.82, 2.24) is 29.4 Å². The van der Waals surface area contributed by atoms with Gasteiger partial charge < -0.3 is 24.8 Å². The minimum atomic E-state index is -4.60. The molecule has 0 aliphatic carbocycles. The molecular formula is C29H28ClF3N8O4. The number of benzene rings is 1. The number of carbonyl (C=O) groups excluding carboxylic acids is 2. The smallest absolute Gasteiger partial charge is 0.416 e. The number of aromatic hydroxyl groups is 1. The van der Waals surface area contributed by atoms with Crippen molar-refractivity contribution in [3.8, 4) is 5.75 Å². The van der Waals surface area contributed by atoms with Crippen molar-refractivity contribution >= 4 is 46.0 Å². The predicted octanol–water partition coefficient (Wildman–Crippen LogP) is 3.74. The molecule has 0 spiro atoms. The molecule has 0 atom stereocenters. The number of fused-ring (bicyclic) bond motifs is 1. The van der Waals surface area contributed by atoms with Crippen LogP contribution < -0.4 is 15.6 Å². The standard InChI is InChI=1S/C29H28ClF3N8O4/c1-4-20-24(39-7-9-40(10-8-39)28(45)23-25(43)16(3)35-14-36-23)26(44)22-27(37-15(2)12-34-22)41(20)13-21(42)38-19-6-5-17(11-18(19)30)29(31,32)33/h5-6,11-12,14,43H,4,7-10,13H2,1-3H3,(H,38,42). The quantitative estimate of drug-likeness (QED) is 0.320. The molecule has 4 aromatic rings. The molecule has 1 saturated heterocycles. The molecule has 1 aliphatic rings. The van der Waals surface area contributed by atoms with Crippen LogP contribution in [0.5, 0.6) is 5.75 Å². The van der Waals surface area contributed by atoms with E-state index in [1.165, 1.54) is 17.4 Å². The largest absolute Gasteiger partial charge is 0.504 e. The third kappa shape index (κ3) is 6.25. The van der Waals surface area contributed by atoms with Crippen LogP contribution in [0, 0.1) is 13.8 Å². The van der Waals surface area contributed by atoms with Gasteiger partial charge >= 0.3 is 6.18 Å². The normalized spacial score (nSPS) is 13.8. The Morgan fingerprint density at radius 2 is 1.80 bits per heavy atom. The lowest BCUT2D eigenvalue weighted by Crippen LogP contribution is -2.50. The zero-order valence-corrected chi connectivity index (χ0v) is 25.2. The zero-order chi connectivity index (χ0) is 32.6. The molecule has 0 unspecified atom stereocenters. The number of hydrogen-bond acceptors (Lipinski definition) is 9. The summed E-state index contributed by atoms with van der Waals surface area (Å²) in [6, 6.07) is 2.62. The van der Waals surface area contributed by atoms with Crippen LogP contribution in [-0.4, -0.2) is 72.5 Å². The Hall–Kier alpha value is -4.79. The number of nitrogens with zero attached hydrogens (tertiary/aromatic N) is 7. The molecule has 16 heteroatoms. The molecule has 12 nitrogen and oxygen atoms in total. The number of carbonyl (C=O) groups is 2. The topological polar surface area (TPSA) is 146 Å². The average Bonchev–Trinajstić information content (AvgIpc) is 3.00. The van der Waals surface area contributed by atoms with Gasteiger partial charge in [-0.05, 0) is 38.5 Å². The Balaban J connectivity index is 1.46. The maximum Gasteiger partial charge on any atom is 0.416 e. The van der Waals surface area contributed by atoms with Crippen LogP contribution in [0.15, 0.2) is 35.5 Å². The number of alkyl halides is 3. The van der Waals surface area contributed by atoms with E-state index >= 15 is 0 Å². The van der Waals surface area contributed by atoms with Crippen LogP contribution in [-0.2, 0) is 23.9 Å². The number of aryl methyl sites for hydroxylation is 2. The van der Waals surface area contributed by atoms with Crippen molar-refractivity contribution < 1.29 is 27.9 Å². The van der Waals surface area contributed by atoms with E-state index in [-0.39, 0.29) is 77.2 Å². The van der Waals surface area contributed by atoms with Gasteiger partial charge in [-0.2, -0.15) is 13.2 Å². The number of hydrogen-bond donors (Lipinski definition) is 2. The summed E-state index contributed by atoms with van der Waals surface area (Å²) in [4.78, 5) is 60.2. The fraction of sp³-hybridized carbons (Fsp3) is 0.345. The van der Waals surface area contributed by atoms with E-state index in [1.54, 1.807) is 18.4 Å². The van der Waals surface area contributed by atoms with Gasteiger partial charge in [-0.1, -0.05) is 18.5 Å². The molecule has 5 rings (SSSR count). The van der Waals surface area contributed by atoms with Gasteiger partial charge in [0, 0.05) is 38.1 Å². The van der Waals surface area contributed by atoms with Gasteiger partial charge in [0.1, 0.15) is 18.6 Å². The number of rotatable bonds is 6. The van der Waals surface area contributed by atoms with Crippen molar-refractivity contribution in [1.29, 1.82) is 0 Å². The van der Waals surface area contributed by atoms with Gasteiger partial charge in [-0.15, -0.1) is 0 Å². The van der Waals surface area contributed by atoms with Crippen molar-refractivity contribution in [3.63, 3.8) is 0 Å². The second-order valence-electron chi connectivity index (χ2n) is 10.4. The van der Waals surface area contributed by atoms with Gasteiger partial charge in [-0.25, -0.2) is 19.9 Å². The Morgan fingerprint density at radius 1 is 1.09 bits per heavy atom. The summed E-state index contributed by atoms with van der Waals surface area (Å²) in [5.74, 6) is -1.37. The van der Waals surface area contributed by atoms with Crippen LogP contribution in [0.4, 0.5) is 24.5 Å². The monoisotopic (exact) mass is 644 g/mol. The highest BCUT2D eigenvalue weighted by Gasteiger charge is 2.32. The highest BCUT2D eigenvalue weighted by molar-refractivity contribution is 6.33. The lowest BCUT2D eigenvalue weighted by atomic mass is 10.1. The summed E-state index contributed by atoms with van der Waals surface area (Å²) in [7, 11) is 0. The summed E-state index contributed by atoms with van der Waals surface area (Å²) in [5.41, 5.74) is 0.331. The summed E-state index contributed by atoms with van der Waals surface area (Å²) in [6.45, 7) is 5.68. The molecule has 0 bridgehead atoms. The van der Waals surface area contributed by atoms with Crippen LogP contribution in [0.2, 0.25) is 5.02 Å². The summed E-state index contributed by atoms with van der Waals surface area (Å²) in [6.07, 6.45) is -1.64. The predicted molar refractivity (Wildman–Crippen MR) is 160 cm³/mol. The highest BCUT2D eigenvalue weighted by atomic mass is 35.5. The number of halogens is 4. The Morgan fingerprint density at radius 3 is 2.44 bits per heavy atom. The van der Waals surface area contributed by atoms with Crippen LogP contribution >= 0.6 is 11.6 Å². The molecule has 3 aromatic heterocycles. The second-order valence-corrected chi connectivity index (χ2v) is 10.8. The van der Waals surface area contributed by atoms with E-state index in [0.717, 1.165) is 18.2 Å². The number of nitrogens with one attached hydrogen (secondary N) is 1. The molecule has 1 aliphatic heterocycles. The van der Waals surface area contributed by atoms with Crippen LogP contribution in [0.3, 0.4) is 0 Å². The molecule has 2 N–H and O–H groups in total. The maximum absolute atomic E-state index is 13.8. The van der Waals surface area contributed by atoms with Gasteiger partial charge in [0.2, 0.25) is 11.3 Å². The molecule has 1 fully saturated rings. The Kier molecular flexibility index (Phi) is 8.65. The van der Waals surface area contributed by atoms with Crippen molar-refractivity contribution in [3.05, 3.63) is 74.3 Å². The van der Waals surface area contributed by atoms with E-state index < -0.39 is 23.6 Å². The number of amides is 2. The van der Waals surface area contributed by atoms with Gasteiger partial charge in [-0.3, -0.25) is 14.4 Å². The maximum atomic E-state index is 13.8. The Labute approximate surface area is 259 Å². The third-order valence-electron chi connectivity index (χ3n) is 7.46. The third-order valence-corrected chi connectivity index (χ3v) is 7.77. The molecule has 0 saturated carbocycles. The highest BCUT2D eigenvalue weighted by Crippen LogP contribution is 2.34.